The van der Waals surface area contributed by atoms with E-state index in [4.69, 9.17) is 4.74 Å². The van der Waals surface area contributed by atoms with Crippen molar-refractivity contribution in [1.29, 1.82) is 0 Å². The van der Waals surface area contributed by atoms with Crippen molar-refractivity contribution in [3.8, 4) is 16.9 Å². The molecule has 1 saturated heterocycles. The lowest BCUT2D eigenvalue weighted by molar-refractivity contribution is -0.133. The average Bonchev–Trinajstić information content (AvgIpc) is 3.54. The van der Waals surface area contributed by atoms with Gasteiger partial charge in [0.05, 0.1) is 12.2 Å². The van der Waals surface area contributed by atoms with Gasteiger partial charge in [-0.05, 0) is 73.8 Å². The van der Waals surface area contributed by atoms with Crippen LogP contribution in [0.2, 0.25) is 0 Å². The van der Waals surface area contributed by atoms with Crippen molar-refractivity contribution in [1.82, 2.24) is 15.4 Å². The number of halogens is 1. The number of ether oxygens (including phenoxy) is 1. The van der Waals surface area contributed by atoms with Gasteiger partial charge in [-0.25, -0.2) is 12.8 Å². The first-order chi connectivity index (χ1) is 19.9. The number of rotatable bonds is 10. The zero-order valence-electron chi connectivity index (χ0n) is 24.7. The first kappa shape index (κ1) is 30.5. The summed E-state index contributed by atoms with van der Waals surface area (Å²) in [7, 11) is -3.65. The van der Waals surface area contributed by atoms with E-state index in [0.29, 0.717) is 24.2 Å². The summed E-state index contributed by atoms with van der Waals surface area (Å²) < 4.78 is 47.9. The predicted molar refractivity (Wildman–Crippen MR) is 161 cm³/mol. The molecule has 2 aliphatic carbocycles. The quantitative estimate of drug-likeness (QED) is 0.370. The van der Waals surface area contributed by atoms with Crippen molar-refractivity contribution >= 4 is 21.8 Å². The lowest BCUT2D eigenvalue weighted by Crippen LogP contribution is -2.49. The standard InChI is InChI=1S/C32H42FN3O5S/c1-4-42(39,40)36-29(37)17-22-10-13-28(27(16-22)26-9-6-5-8-25(26)21(2)3)41-24-12-11-23(18-24)35-30(38)32(33)19-31(34-20-32)14-7-15-31/h5-6,8-10,13,16,21,23-24,34H,4,7,11-12,14-15,17-20H2,1-3H3,(H,35,38)(H,36,37)/t23-,24-,32+/m1/s1. The van der Waals surface area contributed by atoms with Crippen LogP contribution in [0.25, 0.3) is 11.1 Å². The fraction of sp³-hybridized carbons (Fsp3) is 0.562. The predicted octanol–water partition coefficient (Wildman–Crippen LogP) is 4.53. The van der Waals surface area contributed by atoms with E-state index >= 15 is 4.39 Å². The maximum atomic E-state index is 15.5. The Bertz CT molecular complexity index is 1440. The summed E-state index contributed by atoms with van der Waals surface area (Å²) in [5, 5.41) is 6.22. The minimum absolute atomic E-state index is 0.0683. The highest BCUT2D eigenvalue weighted by Gasteiger charge is 2.55. The summed E-state index contributed by atoms with van der Waals surface area (Å²) in [5.41, 5.74) is 1.52. The molecule has 8 nitrogen and oxygen atoms in total. The van der Waals surface area contributed by atoms with Crippen LogP contribution in [-0.4, -0.2) is 55.9 Å². The topological polar surface area (TPSA) is 114 Å². The van der Waals surface area contributed by atoms with Crippen LogP contribution in [0.5, 0.6) is 5.75 Å². The maximum Gasteiger partial charge on any atom is 0.259 e. The van der Waals surface area contributed by atoms with Crippen molar-refractivity contribution < 1.29 is 27.1 Å². The smallest absolute Gasteiger partial charge is 0.259 e. The zero-order chi connectivity index (χ0) is 30.1. The van der Waals surface area contributed by atoms with E-state index in [2.05, 4.69) is 35.3 Å². The molecule has 1 heterocycles. The number of amides is 2. The third kappa shape index (κ3) is 6.64. The Balaban J connectivity index is 1.31. The summed E-state index contributed by atoms with van der Waals surface area (Å²) in [6.07, 6.45) is 4.91. The van der Waals surface area contributed by atoms with E-state index in [1.54, 1.807) is 6.07 Å². The molecule has 3 fully saturated rings. The van der Waals surface area contributed by atoms with Crippen LogP contribution in [0.4, 0.5) is 4.39 Å². The van der Waals surface area contributed by atoms with Crippen LogP contribution >= 0.6 is 0 Å². The Hall–Kier alpha value is -2.98. The Kier molecular flexibility index (Phi) is 8.67. The Morgan fingerprint density at radius 3 is 2.55 bits per heavy atom. The largest absolute Gasteiger partial charge is 0.490 e. The number of alkyl halides is 1. The normalized spacial score (nSPS) is 24.9. The van der Waals surface area contributed by atoms with Gasteiger partial charge in [0.2, 0.25) is 21.6 Å². The summed E-state index contributed by atoms with van der Waals surface area (Å²) in [6.45, 7) is 5.77. The van der Waals surface area contributed by atoms with Crippen molar-refractivity contribution in [2.45, 2.75) is 101 Å². The summed E-state index contributed by atoms with van der Waals surface area (Å²) >= 11 is 0. The van der Waals surface area contributed by atoms with Gasteiger partial charge in [-0.3, -0.25) is 14.3 Å². The molecular weight excluding hydrogens is 557 g/mol. The van der Waals surface area contributed by atoms with Gasteiger partial charge in [-0.1, -0.05) is 44.2 Å². The molecule has 3 aliphatic rings. The van der Waals surface area contributed by atoms with Gasteiger partial charge in [0.1, 0.15) is 11.9 Å². The monoisotopic (exact) mass is 599 g/mol. The van der Waals surface area contributed by atoms with Crippen molar-refractivity contribution in [2.24, 2.45) is 0 Å². The molecule has 2 amide bonds. The molecule has 1 spiro atoms. The minimum atomic E-state index is -3.65. The van der Waals surface area contributed by atoms with Crippen LogP contribution < -0.4 is 20.1 Å². The number of sulfonamides is 1. The molecule has 0 aromatic heterocycles. The zero-order valence-corrected chi connectivity index (χ0v) is 25.5. The van der Waals surface area contributed by atoms with Crippen molar-refractivity contribution in [2.75, 3.05) is 12.3 Å². The van der Waals surface area contributed by atoms with Gasteiger partial charge in [0.25, 0.3) is 5.91 Å². The van der Waals surface area contributed by atoms with Crippen LogP contribution in [0.1, 0.15) is 82.8 Å². The summed E-state index contributed by atoms with van der Waals surface area (Å²) in [4.78, 5) is 25.4. The minimum Gasteiger partial charge on any atom is -0.490 e. The summed E-state index contributed by atoms with van der Waals surface area (Å²) in [6, 6.07) is 13.4. The van der Waals surface area contributed by atoms with Crippen LogP contribution in [0, 0.1) is 0 Å². The molecule has 42 heavy (non-hydrogen) atoms. The first-order valence-electron chi connectivity index (χ1n) is 15.1. The van der Waals surface area contributed by atoms with Gasteiger partial charge in [0.15, 0.2) is 0 Å². The molecule has 0 radical (unpaired) electrons. The highest BCUT2D eigenvalue weighted by Crippen LogP contribution is 2.44. The SMILES string of the molecule is CCS(=O)(=O)NC(=O)Cc1ccc(O[C@@H]2CC[C@@H](NC(=O)[C@@]3(F)CNC4(CCC4)C3)C2)c(-c2ccccc2C(C)C)c1. The molecule has 1 aliphatic heterocycles. The van der Waals surface area contributed by atoms with Gasteiger partial charge < -0.3 is 15.4 Å². The van der Waals surface area contributed by atoms with E-state index in [1.165, 1.54) is 6.92 Å². The molecule has 2 saturated carbocycles. The second kappa shape index (κ2) is 12.0. The third-order valence-electron chi connectivity index (χ3n) is 9.02. The molecule has 0 unspecified atom stereocenters. The van der Waals surface area contributed by atoms with Gasteiger partial charge in [0, 0.05) is 36.5 Å². The van der Waals surface area contributed by atoms with Gasteiger partial charge in [-0.2, -0.15) is 0 Å². The maximum absolute atomic E-state index is 15.5. The fourth-order valence-corrected chi connectivity index (χ4v) is 7.06. The van der Waals surface area contributed by atoms with Crippen LogP contribution in [0.3, 0.4) is 0 Å². The fourth-order valence-electron chi connectivity index (χ4n) is 6.49. The molecule has 2 aromatic rings. The Morgan fingerprint density at radius 2 is 1.88 bits per heavy atom. The van der Waals surface area contributed by atoms with Crippen molar-refractivity contribution in [3.63, 3.8) is 0 Å². The number of benzene rings is 2. The Morgan fingerprint density at radius 1 is 1.12 bits per heavy atom. The van der Waals surface area contributed by atoms with Gasteiger partial charge >= 0.3 is 0 Å². The van der Waals surface area contributed by atoms with E-state index < -0.39 is 27.5 Å². The average molecular weight is 600 g/mol. The highest BCUT2D eigenvalue weighted by molar-refractivity contribution is 7.90. The molecule has 228 valence electrons. The highest BCUT2D eigenvalue weighted by atomic mass is 32.2. The number of hydrogen-bond donors (Lipinski definition) is 3. The van der Waals surface area contributed by atoms with Crippen molar-refractivity contribution in [3.05, 3.63) is 53.6 Å². The van der Waals surface area contributed by atoms with E-state index in [-0.39, 0.29) is 48.7 Å². The molecule has 10 heteroatoms. The Labute approximate surface area is 248 Å². The number of carbonyl (C=O) groups is 2. The van der Waals surface area contributed by atoms with E-state index in [0.717, 1.165) is 42.4 Å². The number of carbonyl (C=O) groups excluding carboxylic acids is 2. The third-order valence-corrected chi connectivity index (χ3v) is 10.3. The lowest BCUT2D eigenvalue weighted by Gasteiger charge is -2.38. The molecular formula is C32H42FN3O5S. The number of hydrogen-bond acceptors (Lipinski definition) is 6. The molecule has 5 rings (SSSR count). The second-order valence-corrected chi connectivity index (χ2v) is 14.5. The van der Waals surface area contributed by atoms with Crippen LogP contribution in [-0.2, 0) is 26.0 Å². The summed E-state index contributed by atoms with van der Waals surface area (Å²) in [5.74, 6) is -0.401. The molecule has 2 aromatic carbocycles. The second-order valence-electron chi connectivity index (χ2n) is 12.5. The van der Waals surface area contributed by atoms with E-state index in [1.807, 2.05) is 30.3 Å². The van der Waals surface area contributed by atoms with Gasteiger partial charge in [-0.15, -0.1) is 0 Å². The number of nitrogens with one attached hydrogen (secondary N) is 3. The molecule has 3 N–H and O–H groups in total. The van der Waals surface area contributed by atoms with E-state index in [9.17, 15) is 18.0 Å². The van der Waals surface area contributed by atoms with Crippen LogP contribution in [0.15, 0.2) is 42.5 Å². The molecule has 3 atom stereocenters. The molecule has 0 bridgehead atoms. The lowest BCUT2D eigenvalue weighted by atomic mass is 9.74. The first-order valence-corrected chi connectivity index (χ1v) is 16.7.